The minimum Gasteiger partial charge on any atom is -0.396 e. The predicted octanol–water partition coefficient (Wildman–Crippen LogP) is 3.71. The Labute approximate surface area is 119 Å². The summed E-state index contributed by atoms with van der Waals surface area (Å²) in [6, 6.07) is 9.85. The molecule has 0 unspecified atom stereocenters. The topological polar surface area (TPSA) is 74.7 Å². The smallest absolute Gasteiger partial charge is 0.153 e. The van der Waals surface area contributed by atoms with Crippen molar-refractivity contribution in [1.82, 2.24) is 4.98 Å². The summed E-state index contributed by atoms with van der Waals surface area (Å²) in [4.78, 5) is 4.23. The highest BCUT2D eigenvalue weighted by Crippen LogP contribution is 2.31. The molecule has 0 aliphatic carbocycles. The number of aromatic nitrogens is 1. The van der Waals surface area contributed by atoms with Crippen molar-refractivity contribution >= 4 is 17.2 Å². The molecule has 0 atom stereocenters. The molecule has 0 radical (unpaired) electrons. The molecule has 0 bridgehead atoms. The Balaban J connectivity index is 2.43. The van der Waals surface area contributed by atoms with Gasteiger partial charge in [0.2, 0.25) is 0 Å². The number of hydrogen-bond acceptors (Lipinski definition) is 4. The highest BCUT2D eigenvalue weighted by molar-refractivity contribution is 5.73. The first-order valence-electron chi connectivity index (χ1n) is 6.55. The molecular formula is C16H18N4. The maximum Gasteiger partial charge on any atom is 0.153 e. The van der Waals surface area contributed by atoms with Crippen molar-refractivity contribution in [3.63, 3.8) is 0 Å². The number of nitriles is 1. The van der Waals surface area contributed by atoms with Gasteiger partial charge in [-0.1, -0.05) is 32.0 Å². The number of benzene rings is 1. The first kappa shape index (κ1) is 13.9. The number of nitrogens with zero attached hydrogens (tertiary/aromatic N) is 2. The summed E-state index contributed by atoms with van der Waals surface area (Å²) in [6.07, 6.45) is 1.52. The average Bonchev–Trinajstić information content (AvgIpc) is 2.42. The monoisotopic (exact) mass is 266 g/mol. The van der Waals surface area contributed by atoms with E-state index in [9.17, 15) is 0 Å². The summed E-state index contributed by atoms with van der Waals surface area (Å²) in [5.41, 5.74) is 10.3. The van der Waals surface area contributed by atoms with Crippen LogP contribution in [-0.2, 0) is 0 Å². The van der Waals surface area contributed by atoms with Gasteiger partial charge in [0, 0.05) is 11.9 Å². The molecule has 20 heavy (non-hydrogen) atoms. The van der Waals surface area contributed by atoms with Gasteiger partial charge in [-0.25, -0.2) is 4.98 Å². The molecule has 1 heterocycles. The number of nitrogen functional groups attached to an aromatic ring is 1. The number of hydrogen-bond donors (Lipinski definition) is 2. The maximum atomic E-state index is 8.84. The van der Waals surface area contributed by atoms with E-state index in [1.807, 2.05) is 25.1 Å². The molecule has 0 saturated carbocycles. The zero-order valence-electron chi connectivity index (χ0n) is 11.9. The molecule has 0 fully saturated rings. The highest BCUT2D eigenvalue weighted by atomic mass is 15.0. The molecule has 1 aromatic heterocycles. The van der Waals surface area contributed by atoms with E-state index in [4.69, 9.17) is 11.0 Å². The molecule has 0 amide bonds. The molecule has 0 aliphatic rings. The van der Waals surface area contributed by atoms with Gasteiger partial charge in [0.15, 0.2) is 5.82 Å². The van der Waals surface area contributed by atoms with E-state index in [0.717, 1.165) is 11.3 Å². The van der Waals surface area contributed by atoms with Crippen LogP contribution in [0.5, 0.6) is 0 Å². The van der Waals surface area contributed by atoms with E-state index in [2.05, 4.69) is 30.2 Å². The predicted molar refractivity (Wildman–Crippen MR) is 81.9 cm³/mol. The Bertz CT molecular complexity index is 669. The SMILES string of the molecule is Cc1cccc(C(C)C)c1Nc1ncc(C#N)cc1N. The average molecular weight is 266 g/mol. The molecule has 4 heteroatoms. The third kappa shape index (κ3) is 2.72. The standard InChI is InChI=1S/C16H18N4/c1-10(2)13-6-4-5-11(3)15(13)20-16-14(18)7-12(8-17)9-19-16/h4-7,9-10H,18H2,1-3H3,(H,19,20). The van der Waals surface area contributed by atoms with Gasteiger partial charge >= 0.3 is 0 Å². The van der Waals surface area contributed by atoms with Crippen molar-refractivity contribution in [2.75, 3.05) is 11.1 Å². The third-order valence-electron chi connectivity index (χ3n) is 3.22. The van der Waals surface area contributed by atoms with Gasteiger partial charge in [0.1, 0.15) is 6.07 Å². The number of anilines is 3. The van der Waals surface area contributed by atoms with Gasteiger partial charge < -0.3 is 11.1 Å². The first-order valence-corrected chi connectivity index (χ1v) is 6.55. The van der Waals surface area contributed by atoms with Crippen LogP contribution in [0.15, 0.2) is 30.5 Å². The van der Waals surface area contributed by atoms with E-state index < -0.39 is 0 Å². The molecule has 102 valence electrons. The van der Waals surface area contributed by atoms with Gasteiger partial charge in [0.05, 0.1) is 11.3 Å². The minimum atomic E-state index is 0.400. The lowest BCUT2D eigenvalue weighted by Gasteiger charge is -2.17. The van der Waals surface area contributed by atoms with Crippen LogP contribution < -0.4 is 11.1 Å². The maximum absolute atomic E-state index is 8.84. The lowest BCUT2D eigenvalue weighted by molar-refractivity contribution is 0.867. The zero-order chi connectivity index (χ0) is 14.7. The number of para-hydroxylation sites is 1. The van der Waals surface area contributed by atoms with Crippen LogP contribution in [-0.4, -0.2) is 4.98 Å². The second-order valence-electron chi connectivity index (χ2n) is 5.09. The van der Waals surface area contributed by atoms with E-state index in [1.54, 1.807) is 6.07 Å². The largest absolute Gasteiger partial charge is 0.396 e. The molecule has 0 spiro atoms. The van der Waals surface area contributed by atoms with Crippen LogP contribution in [0.1, 0.15) is 36.5 Å². The van der Waals surface area contributed by atoms with Crippen molar-refractivity contribution in [3.8, 4) is 6.07 Å². The second kappa shape index (κ2) is 5.62. The Hall–Kier alpha value is -2.54. The van der Waals surface area contributed by atoms with Crippen LogP contribution >= 0.6 is 0 Å². The third-order valence-corrected chi connectivity index (χ3v) is 3.22. The normalized spacial score (nSPS) is 10.3. The van der Waals surface area contributed by atoms with Gasteiger partial charge in [-0.3, -0.25) is 0 Å². The van der Waals surface area contributed by atoms with E-state index in [1.165, 1.54) is 11.8 Å². The van der Waals surface area contributed by atoms with Crippen LogP contribution in [0.4, 0.5) is 17.2 Å². The fourth-order valence-corrected chi connectivity index (χ4v) is 2.11. The Kier molecular flexibility index (Phi) is 3.90. The van der Waals surface area contributed by atoms with Gasteiger partial charge in [-0.15, -0.1) is 0 Å². The molecule has 1 aromatic carbocycles. The summed E-state index contributed by atoms with van der Waals surface area (Å²) in [7, 11) is 0. The first-order chi connectivity index (χ1) is 9.52. The molecule has 0 saturated heterocycles. The van der Waals surface area contributed by atoms with Gasteiger partial charge in [0.25, 0.3) is 0 Å². The molecule has 2 rings (SSSR count). The van der Waals surface area contributed by atoms with Crippen molar-refractivity contribution < 1.29 is 0 Å². The fraction of sp³-hybridized carbons (Fsp3) is 0.250. The van der Waals surface area contributed by atoms with Crippen LogP contribution in [0.3, 0.4) is 0 Å². The number of rotatable bonds is 3. The van der Waals surface area contributed by atoms with Crippen molar-refractivity contribution in [2.24, 2.45) is 0 Å². The quantitative estimate of drug-likeness (QED) is 0.888. The molecular weight excluding hydrogens is 248 g/mol. The lowest BCUT2D eigenvalue weighted by Crippen LogP contribution is -2.04. The number of aryl methyl sites for hydroxylation is 1. The van der Waals surface area contributed by atoms with Crippen LogP contribution in [0.25, 0.3) is 0 Å². The number of pyridine rings is 1. The van der Waals surface area contributed by atoms with E-state index >= 15 is 0 Å². The zero-order valence-corrected chi connectivity index (χ0v) is 11.9. The van der Waals surface area contributed by atoms with Crippen LogP contribution in [0.2, 0.25) is 0 Å². The Morgan fingerprint density at radius 2 is 2.10 bits per heavy atom. The van der Waals surface area contributed by atoms with Crippen LogP contribution in [0, 0.1) is 18.3 Å². The minimum absolute atomic E-state index is 0.400. The van der Waals surface area contributed by atoms with Gasteiger partial charge in [-0.05, 0) is 30.0 Å². The summed E-state index contributed by atoms with van der Waals surface area (Å²) >= 11 is 0. The van der Waals surface area contributed by atoms with Crippen molar-refractivity contribution in [1.29, 1.82) is 5.26 Å². The van der Waals surface area contributed by atoms with Gasteiger partial charge in [-0.2, -0.15) is 5.26 Å². The summed E-state index contributed by atoms with van der Waals surface area (Å²) in [6.45, 7) is 6.35. The Morgan fingerprint density at radius 3 is 2.70 bits per heavy atom. The van der Waals surface area contributed by atoms with E-state index in [0.29, 0.717) is 23.0 Å². The van der Waals surface area contributed by atoms with Crippen molar-refractivity contribution in [3.05, 3.63) is 47.2 Å². The lowest BCUT2D eigenvalue weighted by atomic mass is 9.98. The number of nitrogens with one attached hydrogen (secondary N) is 1. The van der Waals surface area contributed by atoms with Crippen molar-refractivity contribution in [2.45, 2.75) is 26.7 Å². The fourth-order valence-electron chi connectivity index (χ4n) is 2.11. The second-order valence-corrected chi connectivity index (χ2v) is 5.09. The summed E-state index contributed by atoms with van der Waals surface area (Å²) in [5, 5.41) is 12.1. The number of nitrogens with two attached hydrogens (primary N) is 1. The molecule has 3 N–H and O–H groups in total. The molecule has 0 aliphatic heterocycles. The Morgan fingerprint density at radius 1 is 1.35 bits per heavy atom. The molecule has 4 nitrogen and oxygen atoms in total. The summed E-state index contributed by atoms with van der Waals surface area (Å²) in [5.74, 6) is 0.984. The van der Waals surface area contributed by atoms with E-state index in [-0.39, 0.29) is 0 Å². The highest BCUT2D eigenvalue weighted by Gasteiger charge is 2.11. The molecule has 2 aromatic rings. The summed E-state index contributed by atoms with van der Waals surface area (Å²) < 4.78 is 0.